The standard InChI is InChI=1S/C13H26N2O3/c1-12(2,3)18-11(16)13(15)6-5-9(8-17-4)7-10(13)14/h9-10H,5-8,14-15H2,1-4H3. The molecule has 0 heterocycles. The van der Waals surface area contributed by atoms with Gasteiger partial charge in [-0.1, -0.05) is 0 Å². The van der Waals surface area contributed by atoms with Crippen LogP contribution in [0.15, 0.2) is 0 Å². The van der Waals surface area contributed by atoms with E-state index in [1.807, 2.05) is 20.8 Å². The second-order valence-corrected chi connectivity index (χ2v) is 6.24. The first-order chi connectivity index (χ1) is 8.19. The number of hydrogen-bond donors (Lipinski definition) is 2. The molecule has 18 heavy (non-hydrogen) atoms. The van der Waals surface area contributed by atoms with Crippen LogP contribution >= 0.6 is 0 Å². The minimum atomic E-state index is -1.06. The van der Waals surface area contributed by atoms with Crippen molar-refractivity contribution in [3.05, 3.63) is 0 Å². The van der Waals surface area contributed by atoms with E-state index < -0.39 is 17.1 Å². The fraction of sp³-hybridized carbons (Fsp3) is 0.923. The van der Waals surface area contributed by atoms with E-state index in [1.165, 1.54) is 0 Å². The Morgan fingerprint density at radius 2 is 2.06 bits per heavy atom. The minimum absolute atomic E-state index is 0.374. The van der Waals surface area contributed by atoms with Crippen molar-refractivity contribution in [3.8, 4) is 0 Å². The van der Waals surface area contributed by atoms with Gasteiger partial charge in [-0.25, -0.2) is 4.79 Å². The maximum atomic E-state index is 12.2. The summed E-state index contributed by atoms with van der Waals surface area (Å²) in [5, 5.41) is 0. The largest absolute Gasteiger partial charge is 0.459 e. The summed E-state index contributed by atoms with van der Waals surface area (Å²) in [4.78, 5) is 12.2. The third-order valence-electron chi connectivity index (χ3n) is 3.40. The van der Waals surface area contributed by atoms with Crippen molar-refractivity contribution in [2.75, 3.05) is 13.7 Å². The van der Waals surface area contributed by atoms with Gasteiger partial charge in [0.2, 0.25) is 0 Å². The molecule has 1 fully saturated rings. The van der Waals surface area contributed by atoms with Crippen LogP contribution in [0, 0.1) is 5.92 Å². The molecule has 5 nitrogen and oxygen atoms in total. The highest BCUT2D eigenvalue weighted by molar-refractivity contribution is 5.82. The van der Waals surface area contributed by atoms with E-state index in [0.29, 0.717) is 25.4 Å². The number of hydrogen-bond acceptors (Lipinski definition) is 5. The Labute approximate surface area is 109 Å². The molecular weight excluding hydrogens is 232 g/mol. The molecule has 0 radical (unpaired) electrons. The van der Waals surface area contributed by atoms with E-state index in [0.717, 1.165) is 6.42 Å². The van der Waals surface area contributed by atoms with E-state index in [2.05, 4.69) is 0 Å². The summed E-state index contributed by atoms with van der Waals surface area (Å²) in [6, 6.07) is -0.374. The summed E-state index contributed by atoms with van der Waals surface area (Å²) in [7, 11) is 1.67. The molecule has 0 saturated heterocycles. The minimum Gasteiger partial charge on any atom is -0.459 e. The zero-order valence-corrected chi connectivity index (χ0v) is 11.9. The molecule has 0 aromatic carbocycles. The Kier molecular flexibility index (Phi) is 4.75. The lowest BCUT2D eigenvalue weighted by molar-refractivity contribution is -0.164. The highest BCUT2D eigenvalue weighted by Crippen LogP contribution is 2.31. The van der Waals surface area contributed by atoms with Crippen LogP contribution in [0.5, 0.6) is 0 Å². The van der Waals surface area contributed by atoms with Crippen molar-refractivity contribution in [1.82, 2.24) is 0 Å². The number of ether oxygens (including phenoxy) is 2. The smallest absolute Gasteiger partial charge is 0.328 e. The number of nitrogens with two attached hydrogens (primary N) is 2. The maximum absolute atomic E-state index is 12.2. The van der Waals surface area contributed by atoms with Crippen LogP contribution in [0.1, 0.15) is 40.0 Å². The second kappa shape index (κ2) is 5.55. The van der Waals surface area contributed by atoms with Gasteiger partial charge in [0.05, 0.1) is 0 Å². The van der Waals surface area contributed by atoms with Crippen molar-refractivity contribution in [2.45, 2.75) is 57.2 Å². The Morgan fingerprint density at radius 3 is 2.50 bits per heavy atom. The zero-order valence-electron chi connectivity index (χ0n) is 11.9. The van der Waals surface area contributed by atoms with Gasteiger partial charge in [0.15, 0.2) is 0 Å². The molecule has 0 aromatic heterocycles. The van der Waals surface area contributed by atoms with Gasteiger partial charge in [-0.2, -0.15) is 0 Å². The van der Waals surface area contributed by atoms with E-state index in [9.17, 15) is 4.79 Å². The van der Waals surface area contributed by atoms with Crippen molar-refractivity contribution in [1.29, 1.82) is 0 Å². The first-order valence-electron chi connectivity index (χ1n) is 6.46. The average Bonchev–Trinajstić information content (AvgIpc) is 2.21. The van der Waals surface area contributed by atoms with Gasteiger partial charge in [0.1, 0.15) is 11.1 Å². The van der Waals surface area contributed by atoms with Crippen molar-refractivity contribution < 1.29 is 14.3 Å². The first kappa shape index (κ1) is 15.4. The summed E-state index contributed by atoms with van der Waals surface area (Å²) in [6.07, 6.45) is 2.10. The molecule has 0 bridgehead atoms. The molecule has 3 atom stereocenters. The van der Waals surface area contributed by atoms with Crippen LogP contribution in [0.3, 0.4) is 0 Å². The molecular formula is C13H26N2O3. The lowest BCUT2D eigenvalue weighted by atomic mass is 9.74. The highest BCUT2D eigenvalue weighted by atomic mass is 16.6. The number of carbonyl (C=O) groups excluding carboxylic acids is 1. The Hall–Kier alpha value is -0.650. The molecule has 1 rings (SSSR count). The van der Waals surface area contributed by atoms with Crippen LogP contribution in [-0.4, -0.2) is 36.9 Å². The lowest BCUT2D eigenvalue weighted by Crippen LogP contribution is -2.64. The van der Waals surface area contributed by atoms with Crippen LogP contribution in [-0.2, 0) is 14.3 Å². The topological polar surface area (TPSA) is 87.6 Å². The van der Waals surface area contributed by atoms with Crippen molar-refractivity contribution in [2.24, 2.45) is 17.4 Å². The van der Waals surface area contributed by atoms with Crippen molar-refractivity contribution >= 4 is 5.97 Å². The number of esters is 1. The molecule has 1 aliphatic rings. The predicted molar refractivity (Wildman–Crippen MR) is 70.0 cm³/mol. The first-order valence-corrected chi connectivity index (χ1v) is 6.46. The number of rotatable bonds is 3. The van der Waals surface area contributed by atoms with Crippen LogP contribution in [0.4, 0.5) is 0 Å². The van der Waals surface area contributed by atoms with E-state index in [1.54, 1.807) is 7.11 Å². The zero-order chi connectivity index (χ0) is 14.0. The van der Waals surface area contributed by atoms with Gasteiger partial charge in [-0.15, -0.1) is 0 Å². The third kappa shape index (κ3) is 3.67. The Balaban J connectivity index is 2.67. The predicted octanol–water partition coefficient (Wildman–Crippen LogP) is 0.799. The highest BCUT2D eigenvalue weighted by Gasteiger charge is 2.46. The van der Waals surface area contributed by atoms with Crippen LogP contribution < -0.4 is 11.5 Å². The van der Waals surface area contributed by atoms with Crippen LogP contribution in [0.25, 0.3) is 0 Å². The molecule has 1 saturated carbocycles. The van der Waals surface area contributed by atoms with E-state index in [4.69, 9.17) is 20.9 Å². The fourth-order valence-electron chi connectivity index (χ4n) is 2.33. The molecule has 0 amide bonds. The normalized spacial score (nSPS) is 33.2. The van der Waals surface area contributed by atoms with E-state index in [-0.39, 0.29) is 6.04 Å². The quantitative estimate of drug-likeness (QED) is 0.731. The van der Waals surface area contributed by atoms with Gasteiger partial charge in [0.25, 0.3) is 0 Å². The summed E-state index contributed by atoms with van der Waals surface area (Å²) in [5.41, 5.74) is 10.7. The summed E-state index contributed by atoms with van der Waals surface area (Å²) in [6.45, 7) is 6.15. The molecule has 1 aliphatic carbocycles. The molecule has 4 N–H and O–H groups in total. The lowest BCUT2D eigenvalue weighted by Gasteiger charge is -2.41. The van der Waals surface area contributed by atoms with Gasteiger partial charge < -0.3 is 20.9 Å². The maximum Gasteiger partial charge on any atom is 0.328 e. The summed E-state index contributed by atoms with van der Waals surface area (Å²) >= 11 is 0. The van der Waals surface area contributed by atoms with Gasteiger partial charge in [-0.3, -0.25) is 0 Å². The van der Waals surface area contributed by atoms with Crippen LogP contribution in [0.2, 0.25) is 0 Å². The van der Waals surface area contributed by atoms with Gasteiger partial charge in [-0.05, 0) is 46.0 Å². The molecule has 5 heteroatoms. The molecule has 106 valence electrons. The number of carbonyl (C=O) groups is 1. The van der Waals surface area contributed by atoms with Gasteiger partial charge in [0, 0.05) is 19.8 Å². The Morgan fingerprint density at radius 1 is 1.44 bits per heavy atom. The van der Waals surface area contributed by atoms with E-state index >= 15 is 0 Å². The van der Waals surface area contributed by atoms with Crippen molar-refractivity contribution in [3.63, 3.8) is 0 Å². The summed E-state index contributed by atoms with van der Waals surface area (Å²) < 4.78 is 10.5. The van der Waals surface area contributed by atoms with Gasteiger partial charge >= 0.3 is 5.97 Å². The monoisotopic (exact) mass is 258 g/mol. The average molecular weight is 258 g/mol. The second-order valence-electron chi connectivity index (χ2n) is 6.24. The summed E-state index contributed by atoms with van der Waals surface area (Å²) in [5.74, 6) is -0.0116. The number of methoxy groups -OCH3 is 1. The SMILES string of the molecule is COCC1CCC(N)(C(=O)OC(C)(C)C)C(N)C1. The Bertz CT molecular complexity index is 301. The molecule has 0 aromatic rings. The molecule has 0 aliphatic heterocycles. The fourth-order valence-corrected chi connectivity index (χ4v) is 2.33. The molecule has 3 unspecified atom stereocenters. The molecule has 0 spiro atoms. The third-order valence-corrected chi connectivity index (χ3v) is 3.40.